The normalized spacial score (nSPS) is 16.0. The zero-order valence-corrected chi connectivity index (χ0v) is 12.5. The minimum absolute atomic E-state index is 0.0994. The van der Waals surface area contributed by atoms with Crippen molar-refractivity contribution < 1.29 is 8.42 Å². The van der Waals surface area contributed by atoms with Crippen LogP contribution in [0.15, 0.2) is 23.1 Å². The molecule has 0 saturated heterocycles. The number of nitrogens with one attached hydrogen (secondary N) is 2. The van der Waals surface area contributed by atoms with Crippen molar-refractivity contribution in [3.05, 3.63) is 29.3 Å². The minimum Gasteiger partial charge on any atom is -0.310 e. The van der Waals surface area contributed by atoms with Gasteiger partial charge < -0.3 is 5.32 Å². The molecule has 1 aromatic rings. The van der Waals surface area contributed by atoms with E-state index in [9.17, 15) is 8.42 Å². The monoisotopic (exact) mass is 282 g/mol. The van der Waals surface area contributed by atoms with Crippen molar-refractivity contribution in [3.8, 4) is 0 Å². The standard InChI is InChI=1S/C14H22N2O2S/c1-10(2)16-19(17,18)14-8-12(5-4-11(14)3)9-15-13-6-7-13/h4-5,8,10,13,15-16H,6-7,9H2,1-3H3. The van der Waals surface area contributed by atoms with Gasteiger partial charge >= 0.3 is 0 Å². The third-order valence-corrected chi connectivity index (χ3v) is 4.91. The molecule has 2 rings (SSSR count). The summed E-state index contributed by atoms with van der Waals surface area (Å²) in [7, 11) is -3.41. The molecule has 1 aromatic carbocycles. The fourth-order valence-electron chi connectivity index (χ4n) is 1.97. The highest BCUT2D eigenvalue weighted by molar-refractivity contribution is 7.89. The average molecular weight is 282 g/mol. The van der Waals surface area contributed by atoms with E-state index < -0.39 is 10.0 Å². The van der Waals surface area contributed by atoms with Gasteiger partial charge in [-0.05, 0) is 50.8 Å². The molecule has 0 unspecified atom stereocenters. The molecule has 0 heterocycles. The van der Waals surface area contributed by atoms with Crippen LogP contribution in [0.5, 0.6) is 0 Å². The molecule has 106 valence electrons. The molecule has 0 aliphatic heterocycles. The van der Waals surface area contributed by atoms with Crippen LogP contribution in [0, 0.1) is 6.92 Å². The highest BCUT2D eigenvalue weighted by Gasteiger charge is 2.21. The summed E-state index contributed by atoms with van der Waals surface area (Å²) in [5, 5.41) is 3.40. The van der Waals surface area contributed by atoms with Gasteiger partial charge in [0.05, 0.1) is 4.90 Å². The summed E-state index contributed by atoms with van der Waals surface area (Å²) < 4.78 is 27.1. The second-order valence-corrected chi connectivity index (χ2v) is 7.21. The maximum Gasteiger partial charge on any atom is 0.241 e. The lowest BCUT2D eigenvalue weighted by molar-refractivity contribution is 0.569. The first kappa shape index (κ1) is 14.5. The number of hydrogen-bond donors (Lipinski definition) is 2. The van der Waals surface area contributed by atoms with E-state index >= 15 is 0 Å². The minimum atomic E-state index is -3.41. The van der Waals surface area contributed by atoms with E-state index in [1.165, 1.54) is 12.8 Å². The lowest BCUT2D eigenvalue weighted by atomic mass is 10.1. The van der Waals surface area contributed by atoms with E-state index in [0.717, 1.165) is 17.7 Å². The highest BCUT2D eigenvalue weighted by atomic mass is 32.2. The molecule has 4 nitrogen and oxygen atoms in total. The highest BCUT2D eigenvalue weighted by Crippen LogP contribution is 2.21. The Bertz CT molecular complexity index is 549. The third kappa shape index (κ3) is 4.03. The van der Waals surface area contributed by atoms with Crippen molar-refractivity contribution >= 4 is 10.0 Å². The molecule has 1 fully saturated rings. The summed E-state index contributed by atoms with van der Waals surface area (Å²) in [6.45, 7) is 6.21. The average Bonchev–Trinajstić information content (AvgIpc) is 3.09. The number of rotatable bonds is 6. The zero-order chi connectivity index (χ0) is 14.0. The van der Waals surface area contributed by atoms with Gasteiger partial charge in [-0.2, -0.15) is 0 Å². The summed E-state index contributed by atoms with van der Waals surface area (Å²) in [4.78, 5) is 0.385. The number of hydrogen-bond acceptors (Lipinski definition) is 3. The van der Waals surface area contributed by atoms with Gasteiger partial charge in [0.2, 0.25) is 10.0 Å². The quantitative estimate of drug-likeness (QED) is 0.838. The summed E-state index contributed by atoms with van der Waals surface area (Å²) in [6, 6.07) is 6.15. The van der Waals surface area contributed by atoms with E-state index in [1.54, 1.807) is 6.07 Å². The predicted octanol–water partition coefficient (Wildman–Crippen LogP) is 1.93. The predicted molar refractivity (Wildman–Crippen MR) is 76.5 cm³/mol. The Morgan fingerprint density at radius 1 is 1.32 bits per heavy atom. The van der Waals surface area contributed by atoms with Crippen LogP contribution >= 0.6 is 0 Å². The second-order valence-electron chi connectivity index (χ2n) is 5.53. The molecule has 2 N–H and O–H groups in total. The lowest BCUT2D eigenvalue weighted by Crippen LogP contribution is -2.30. The maximum absolute atomic E-state index is 12.2. The van der Waals surface area contributed by atoms with Crippen LogP contribution in [0.3, 0.4) is 0 Å². The maximum atomic E-state index is 12.2. The van der Waals surface area contributed by atoms with E-state index in [-0.39, 0.29) is 6.04 Å². The molecule has 1 aliphatic carbocycles. The van der Waals surface area contributed by atoms with E-state index in [0.29, 0.717) is 10.9 Å². The SMILES string of the molecule is Cc1ccc(CNC2CC2)cc1S(=O)(=O)NC(C)C. The number of sulfonamides is 1. The molecule has 0 atom stereocenters. The molecule has 0 radical (unpaired) electrons. The first-order valence-corrected chi connectivity index (χ1v) is 8.22. The van der Waals surface area contributed by atoms with Gasteiger partial charge in [0.15, 0.2) is 0 Å². The fraction of sp³-hybridized carbons (Fsp3) is 0.571. The molecular weight excluding hydrogens is 260 g/mol. The van der Waals surface area contributed by atoms with Crippen molar-refractivity contribution in [1.82, 2.24) is 10.0 Å². The van der Waals surface area contributed by atoms with Crippen LogP contribution in [0.2, 0.25) is 0 Å². The van der Waals surface area contributed by atoms with Crippen molar-refractivity contribution in [2.75, 3.05) is 0 Å². The number of aryl methyl sites for hydroxylation is 1. The van der Waals surface area contributed by atoms with Gasteiger partial charge in [-0.1, -0.05) is 12.1 Å². The van der Waals surface area contributed by atoms with Crippen molar-refractivity contribution in [3.63, 3.8) is 0 Å². The van der Waals surface area contributed by atoms with E-state index in [4.69, 9.17) is 0 Å². The molecular formula is C14H22N2O2S. The van der Waals surface area contributed by atoms with Gasteiger partial charge in [0, 0.05) is 18.6 Å². The largest absolute Gasteiger partial charge is 0.310 e. The molecule has 19 heavy (non-hydrogen) atoms. The summed E-state index contributed by atoms with van der Waals surface area (Å²) in [5.41, 5.74) is 1.80. The van der Waals surface area contributed by atoms with Gasteiger partial charge in [0.25, 0.3) is 0 Å². The van der Waals surface area contributed by atoms with Crippen LogP contribution in [0.4, 0.5) is 0 Å². The fourth-order valence-corrected chi connectivity index (χ4v) is 3.51. The Kier molecular flexibility index (Phi) is 4.28. The van der Waals surface area contributed by atoms with Crippen LogP contribution < -0.4 is 10.0 Å². The Labute approximate surface area is 115 Å². The van der Waals surface area contributed by atoms with Crippen molar-refractivity contribution in [1.29, 1.82) is 0 Å². The van der Waals surface area contributed by atoms with Crippen LogP contribution in [-0.2, 0) is 16.6 Å². The molecule has 0 amide bonds. The molecule has 1 saturated carbocycles. The lowest BCUT2D eigenvalue weighted by Gasteiger charge is -2.13. The number of benzene rings is 1. The van der Waals surface area contributed by atoms with Crippen LogP contribution in [-0.4, -0.2) is 20.5 Å². The van der Waals surface area contributed by atoms with Gasteiger partial charge in [-0.15, -0.1) is 0 Å². The summed E-state index contributed by atoms with van der Waals surface area (Å²) in [6.07, 6.45) is 2.46. The van der Waals surface area contributed by atoms with Crippen LogP contribution in [0.25, 0.3) is 0 Å². The third-order valence-electron chi connectivity index (χ3n) is 3.11. The molecule has 0 spiro atoms. The first-order valence-electron chi connectivity index (χ1n) is 6.74. The van der Waals surface area contributed by atoms with Gasteiger partial charge in [-0.25, -0.2) is 13.1 Å². The van der Waals surface area contributed by atoms with Crippen molar-refractivity contribution in [2.45, 2.75) is 57.1 Å². The first-order chi connectivity index (χ1) is 8.88. The van der Waals surface area contributed by atoms with Crippen molar-refractivity contribution in [2.24, 2.45) is 0 Å². The molecule has 5 heteroatoms. The summed E-state index contributed by atoms with van der Waals surface area (Å²) >= 11 is 0. The van der Waals surface area contributed by atoms with Gasteiger partial charge in [0.1, 0.15) is 0 Å². The zero-order valence-electron chi connectivity index (χ0n) is 11.7. The Hall–Kier alpha value is -0.910. The topological polar surface area (TPSA) is 58.2 Å². The van der Waals surface area contributed by atoms with E-state index in [2.05, 4.69) is 10.0 Å². The Balaban J connectivity index is 2.20. The van der Waals surface area contributed by atoms with Gasteiger partial charge in [-0.3, -0.25) is 0 Å². The second kappa shape index (κ2) is 5.61. The Morgan fingerprint density at radius 2 is 2.00 bits per heavy atom. The Morgan fingerprint density at radius 3 is 2.58 bits per heavy atom. The molecule has 0 bridgehead atoms. The van der Waals surface area contributed by atoms with Crippen LogP contribution in [0.1, 0.15) is 37.8 Å². The molecule has 1 aliphatic rings. The molecule has 0 aromatic heterocycles. The smallest absolute Gasteiger partial charge is 0.241 e. The summed E-state index contributed by atoms with van der Waals surface area (Å²) in [5.74, 6) is 0. The van der Waals surface area contributed by atoms with E-state index in [1.807, 2.05) is 32.9 Å².